The second-order valence-electron chi connectivity index (χ2n) is 6.50. The Bertz CT molecular complexity index is 874. The molecule has 0 atom stereocenters. The van der Waals surface area contributed by atoms with Gasteiger partial charge < -0.3 is 19.5 Å². The van der Waals surface area contributed by atoms with Crippen LogP contribution in [0.15, 0.2) is 30.3 Å². The minimum absolute atomic E-state index is 0.0229. The van der Waals surface area contributed by atoms with Gasteiger partial charge in [0.15, 0.2) is 6.61 Å². The first kappa shape index (κ1) is 22.4. The topological polar surface area (TPSA) is 90.9 Å². The van der Waals surface area contributed by atoms with Gasteiger partial charge in [-0.15, -0.1) is 11.3 Å². The highest BCUT2D eigenvalue weighted by Crippen LogP contribution is 2.33. The van der Waals surface area contributed by atoms with E-state index in [1.54, 1.807) is 44.4 Å². The van der Waals surface area contributed by atoms with Gasteiger partial charge in [-0.2, -0.15) is 0 Å². The number of benzene rings is 1. The van der Waals surface area contributed by atoms with Crippen molar-refractivity contribution in [3.05, 3.63) is 46.3 Å². The molecule has 0 aliphatic heterocycles. The van der Waals surface area contributed by atoms with Gasteiger partial charge in [-0.05, 0) is 36.6 Å². The van der Waals surface area contributed by atoms with Gasteiger partial charge in [0.05, 0.1) is 25.7 Å². The molecule has 8 heteroatoms. The van der Waals surface area contributed by atoms with Crippen molar-refractivity contribution in [1.82, 2.24) is 0 Å². The lowest BCUT2D eigenvalue weighted by molar-refractivity contribution is -0.146. The van der Waals surface area contributed by atoms with E-state index in [-0.39, 0.29) is 18.9 Å². The number of amides is 1. The highest BCUT2D eigenvalue weighted by Gasteiger charge is 2.20. The van der Waals surface area contributed by atoms with E-state index in [2.05, 4.69) is 5.32 Å². The molecule has 0 fully saturated rings. The third kappa shape index (κ3) is 6.60. The van der Waals surface area contributed by atoms with Crippen molar-refractivity contribution >= 4 is 34.2 Å². The second kappa shape index (κ2) is 10.6. The lowest BCUT2D eigenvalue weighted by Crippen LogP contribution is -2.22. The first-order valence-corrected chi connectivity index (χ1v) is 10.0. The average molecular weight is 419 g/mol. The van der Waals surface area contributed by atoms with Crippen molar-refractivity contribution in [1.29, 1.82) is 0 Å². The summed E-state index contributed by atoms with van der Waals surface area (Å²) in [6.07, 6.45) is 0.0229. The van der Waals surface area contributed by atoms with Gasteiger partial charge in [0.2, 0.25) is 0 Å². The number of esters is 2. The minimum atomic E-state index is -0.534. The molecule has 2 aromatic rings. The maximum absolute atomic E-state index is 12.2. The molecule has 156 valence electrons. The number of methoxy groups -OCH3 is 1. The molecule has 1 N–H and O–H groups in total. The van der Waals surface area contributed by atoms with Crippen LogP contribution in [-0.2, 0) is 25.5 Å². The Morgan fingerprint density at radius 1 is 1.14 bits per heavy atom. The average Bonchev–Trinajstić information content (AvgIpc) is 3.11. The fraction of sp³-hybridized carbons (Fsp3) is 0.381. The maximum Gasteiger partial charge on any atom is 0.341 e. The van der Waals surface area contributed by atoms with E-state index in [4.69, 9.17) is 14.2 Å². The van der Waals surface area contributed by atoms with Crippen LogP contribution < -0.4 is 10.1 Å². The number of nitrogens with one attached hydrogen (secondary N) is 1. The summed E-state index contributed by atoms with van der Waals surface area (Å²) in [6, 6.07) is 8.77. The first-order valence-electron chi connectivity index (χ1n) is 9.23. The van der Waals surface area contributed by atoms with E-state index < -0.39 is 24.5 Å². The summed E-state index contributed by atoms with van der Waals surface area (Å²) in [5.74, 6) is -0.724. The van der Waals surface area contributed by atoms with Crippen LogP contribution in [0.1, 0.15) is 47.5 Å². The molecule has 1 aromatic heterocycles. The van der Waals surface area contributed by atoms with Gasteiger partial charge in [0.1, 0.15) is 10.8 Å². The smallest absolute Gasteiger partial charge is 0.341 e. The fourth-order valence-electron chi connectivity index (χ4n) is 2.46. The van der Waals surface area contributed by atoms with Crippen LogP contribution in [0.4, 0.5) is 5.00 Å². The zero-order chi connectivity index (χ0) is 21.4. The van der Waals surface area contributed by atoms with Crippen LogP contribution in [0.3, 0.4) is 0 Å². The number of hydrogen-bond donors (Lipinski definition) is 1. The molecule has 0 aliphatic carbocycles. The van der Waals surface area contributed by atoms with Gasteiger partial charge in [-0.25, -0.2) is 4.79 Å². The Labute approximate surface area is 174 Å². The van der Waals surface area contributed by atoms with Crippen molar-refractivity contribution in [3.8, 4) is 5.75 Å². The summed E-state index contributed by atoms with van der Waals surface area (Å²) in [6.45, 7) is 5.49. The van der Waals surface area contributed by atoms with Crippen molar-refractivity contribution in [2.75, 3.05) is 25.6 Å². The SMILES string of the molecule is CCOC(=O)c1cc(C(C)C)sc1NC(=O)COC(=O)Cc1cccc(OC)c1. The van der Waals surface area contributed by atoms with E-state index in [0.717, 1.165) is 10.4 Å². The summed E-state index contributed by atoms with van der Waals surface area (Å²) in [7, 11) is 1.54. The van der Waals surface area contributed by atoms with Crippen LogP contribution >= 0.6 is 11.3 Å². The van der Waals surface area contributed by atoms with E-state index in [1.165, 1.54) is 11.3 Å². The van der Waals surface area contributed by atoms with Gasteiger partial charge in [-0.3, -0.25) is 9.59 Å². The number of ether oxygens (including phenoxy) is 3. The Balaban J connectivity index is 1.96. The van der Waals surface area contributed by atoms with E-state index >= 15 is 0 Å². The van der Waals surface area contributed by atoms with E-state index in [0.29, 0.717) is 16.3 Å². The number of hydrogen-bond acceptors (Lipinski definition) is 7. The first-order chi connectivity index (χ1) is 13.8. The molecule has 7 nitrogen and oxygen atoms in total. The lowest BCUT2D eigenvalue weighted by Gasteiger charge is -2.08. The third-order valence-corrected chi connectivity index (χ3v) is 5.27. The summed E-state index contributed by atoms with van der Waals surface area (Å²) < 4.78 is 15.2. The second-order valence-corrected chi connectivity index (χ2v) is 7.59. The number of carbonyl (C=O) groups excluding carboxylic acids is 3. The molecule has 0 saturated heterocycles. The van der Waals surface area contributed by atoms with Crippen molar-refractivity contribution < 1.29 is 28.6 Å². The number of anilines is 1. The van der Waals surface area contributed by atoms with E-state index in [1.807, 2.05) is 13.8 Å². The van der Waals surface area contributed by atoms with Gasteiger partial charge in [0.25, 0.3) is 5.91 Å². The van der Waals surface area contributed by atoms with Crippen LogP contribution in [0.25, 0.3) is 0 Å². The molecule has 0 radical (unpaired) electrons. The molecule has 0 bridgehead atoms. The summed E-state index contributed by atoms with van der Waals surface area (Å²) in [4.78, 5) is 37.3. The number of rotatable bonds is 9. The molecular weight excluding hydrogens is 394 g/mol. The van der Waals surface area contributed by atoms with Crippen LogP contribution in [-0.4, -0.2) is 38.2 Å². The monoisotopic (exact) mass is 419 g/mol. The highest BCUT2D eigenvalue weighted by atomic mass is 32.1. The normalized spacial score (nSPS) is 10.5. The predicted molar refractivity (Wildman–Crippen MR) is 111 cm³/mol. The van der Waals surface area contributed by atoms with Gasteiger partial charge in [0, 0.05) is 4.88 Å². The number of carbonyl (C=O) groups is 3. The number of thiophene rings is 1. The van der Waals surface area contributed by atoms with Gasteiger partial charge in [-0.1, -0.05) is 26.0 Å². The molecule has 1 heterocycles. The molecule has 0 aliphatic rings. The third-order valence-electron chi connectivity index (χ3n) is 3.92. The Kier molecular flexibility index (Phi) is 8.21. The Morgan fingerprint density at radius 2 is 1.90 bits per heavy atom. The molecular formula is C21H25NO6S. The lowest BCUT2D eigenvalue weighted by atomic mass is 10.1. The van der Waals surface area contributed by atoms with E-state index in [9.17, 15) is 14.4 Å². The molecule has 0 spiro atoms. The van der Waals surface area contributed by atoms with Crippen molar-refractivity contribution in [2.45, 2.75) is 33.1 Å². The van der Waals surface area contributed by atoms with Crippen LogP contribution in [0, 0.1) is 0 Å². The molecule has 1 amide bonds. The van der Waals surface area contributed by atoms with Gasteiger partial charge >= 0.3 is 11.9 Å². The highest BCUT2D eigenvalue weighted by molar-refractivity contribution is 7.16. The minimum Gasteiger partial charge on any atom is -0.497 e. The summed E-state index contributed by atoms with van der Waals surface area (Å²) in [5, 5.41) is 3.03. The quantitative estimate of drug-likeness (QED) is 0.622. The fourth-order valence-corrected chi connectivity index (χ4v) is 3.52. The standard InChI is InChI=1S/C21H25NO6S/c1-5-27-21(25)16-11-17(13(2)3)29-20(16)22-18(23)12-28-19(24)10-14-7-6-8-15(9-14)26-4/h6-9,11,13H,5,10,12H2,1-4H3,(H,22,23). The predicted octanol–water partition coefficient (Wildman–Crippen LogP) is 3.78. The largest absolute Gasteiger partial charge is 0.497 e. The van der Waals surface area contributed by atoms with Crippen LogP contribution in [0.2, 0.25) is 0 Å². The zero-order valence-corrected chi connectivity index (χ0v) is 17.8. The zero-order valence-electron chi connectivity index (χ0n) is 16.9. The molecule has 2 rings (SSSR count). The Morgan fingerprint density at radius 3 is 2.55 bits per heavy atom. The van der Waals surface area contributed by atoms with Crippen LogP contribution in [0.5, 0.6) is 5.75 Å². The summed E-state index contributed by atoms with van der Waals surface area (Å²) in [5.41, 5.74) is 1.02. The van der Waals surface area contributed by atoms with Crippen molar-refractivity contribution in [3.63, 3.8) is 0 Å². The maximum atomic E-state index is 12.2. The molecule has 0 saturated carbocycles. The Hall–Kier alpha value is -2.87. The summed E-state index contributed by atoms with van der Waals surface area (Å²) >= 11 is 1.30. The molecule has 29 heavy (non-hydrogen) atoms. The molecule has 1 aromatic carbocycles. The van der Waals surface area contributed by atoms with Crippen molar-refractivity contribution in [2.24, 2.45) is 0 Å². The molecule has 0 unspecified atom stereocenters.